The number of benzene rings is 1. The second-order valence-electron chi connectivity index (χ2n) is 6.91. The van der Waals surface area contributed by atoms with Crippen LogP contribution >= 0.6 is 0 Å². The SMILES string of the molecule is Cc1ccc2c(C3=NCC=C3C3(C)CCNC3)nn(C(N)=O)c2c1. The van der Waals surface area contributed by atoms with Crippen LogP contribution in [0.15, 0.2) is 34.8 Å². The molecule has 3 N–H and O–H groups in total. The maximum Gasteiger partial charge on any atom is 0.340 e. The molecule has 0 radical (unpaired) electrons. The lowest BCUT2D eigenvalue weighted by Crippen LogP contribution is -2.27. The largest absolute Gasteiger partial charge is 0.350 e. The minimum absolute atomic E-state index is 0.0584. The van der Waals surface area contributed by atoms with Crippen molar-refractivity contribution in [2.75, 3.05) is 19.6 Å². The highest BCUT2D eigenvalue weighted by Gasteiger charge is 2.37. The number of fused-ring (bicyclic) bond motifs is 1. The maximum absolute atomic E-state index is 11.8. The van der Waals surface area contributed by atoms with Crippen molar-refractivity contribution in [1.82, 2.24) is 15.1 Å². The van der Waals surface area contributed by atoms with Crippen LogP contribution in [0, 0.1) is 12.3 Å². The number of rotatable bonds is 2. The molecule has 1 atom stereocenters. The molecule has 0 saturated carbocycles. The van der Waals surface area contributed by atoms with E-state index < -0.39 is 6.03 Å². The minimum atomic E-state index is -0.574. The summed E-state index contributed by atoms with van der Waals surface area (Å²) in [5.41, 5.74) is 10.3. The average Bonchev–Trinajstić information content (AvgIpc) is 3.23. The van der Waals surface area contributed by atoms with Gasteiger partial charge in [-0.15, -0.1) is 0 Å². The second kappa shape index (κ2) is 5.27. The fraction of sp³-hybridized carbons (Fsp3) is 0.389. The summed E-state index contributed by atoms with van der Waals surface area (Å²) in [6.45, 7) is 6.86. The molecule has 3 heterocycles. The summed E-state index contributed by atoms with van der Waals surface area (Å²) >= 11 is 0. The maximum atomic E-state index is 11.8. The van der Waals surface area contributed by atoms with E-state index in [1.165, 1.54) is 10.3 Å². The molecule has 6 nitrogen and oxygen atoms in total. The molecular formula is C18H21N5O. The molecule has 1 aromatic carbocycles. The van der Waals surface area contributed by atoms with E-state index in [0.29, 0.717) is 6.54 Å². The minimum Gasteiger partial charge on any atom is -0.350 e. The number of amides is 1. The van der Waals surface area contributed by atoms with Gasteiger partial charge >= 0.3 is 6.03 Å². The summed E-state index contributed by atoms with van der Waals surface area (Å²) in [5, 5.41) is 8.87. The third kappa shape index (κ3) is 2.17. The molecule has 0 aliphatic carbocycles. The van der Waals surface area contributed by atoms with Crippen LogP contribution in [0.2, 0.25) is 0 Å². The summed E-state index contributed by atoms with van der Waals surface area (Å²) < 4.78 is 1.28. The van der Waals surface area contributed by atoms with Crippen LogP contribution in [-0.4, -0.2) is 41.2 Å². The van der Waals surface area contributed by atoms with Gasteiger partial charge in [0.1, 0.15) is 5.69 Å². The number of primary amides is 1. The molecular weight excluding hydrogens is 302 g/mol. The summed E-state index contributed by atoms with van der Waals surface area (Å²) in [4.78, 5) is 16.5. The zero-order valence-electron chi connectivity index (χ0n) is 14.0. The van der Waals surface area contributed by atoms with Gasteiger partial charge in [-0.25, -0.2) is 4.79 Å². The van der Waals surface area contributed by atoms with Gasteiger partial charge in [0.05, 0.1) is 17.8 Å². The van der Waals surface area contributed by atoms with Crippen molar-refractivity contribution in [3.05, 3.63) is 41.1 Å². The van der Waals surface area contributed by atoms with Gasteiger partial charge in [-0.3, -0.25) is 4.99 Å². The van der Waals surface area contributed by atoms with E-state index in [9.17, 15) is 4.79 Å². The number of hydrogen-bond acceptors (Lipinski definition) is 4. The fourth-order valence-corrected chi connectivity index (χ4v) is 3.76. The van der Waals surface area contributed by atoms with Crippen molar-refractivity contribution in [3.8, 4) is 0 Å². The van der Waals surface area contributed by atoms with E-state index in [1.807, 2.05) is 25.1 Å². The number of carbonyl (C=O) groups is 1. The number of hydrogen-bond donors (Lipinski definition) is 2. The molecule has 6 heteroatoms. The average molecular weight is 323 g/mol. The van der Waals surface area contributed by atoms with E-state index in [4.69, 9.17) is 10.7 Å². The summed E-state index contributed by atoms with van der Waals surface area (Å²) in [6.07, 6.45) is 3.26. The number of nitrogens with one attached hydrogen (secondary N) is 1. The van der Waals surface area contributed by atoms with Gasteiger partial charge in [0.15, 0.2) is 0 Å². The molecule has 0 spiro atoms. The Balaban J connectivity index is 1.88. The van der Waals surface area contributed by atoms with Crippen molar-refractivity contribution in [2.24, 2.45) is 16.1 Å². The first-order valence-corrected chi connectivity index (χ1v) is 8.25. The molecule has 2 aliphatic rings. The van der Waals surface area contributed by atoms with Gasteiger partial charge in [-0.05, 0) is 37.1 Å². The van der Waals surface area contributed by atoms with Crippen LogP contribution in [0.4, 0.5) is 4.79 Å². The fourth-order valence-electron chi connectivity index (χ4n) is 3.76. The van der Waals surface area contributed by atoms with Crippen molar-refractivity contribution in [3.63, 3.8) is 0 Å². The Morgan fingerprint density at radius 1 is 1.42 bits per heavy atom. The van der Waals surface area contributed by atoms with Gasteiger partial charge in [-0.1, -0.05) is 25.1 Å². The molecule has 1 unspecified atom stereocenters. The Kier molecular flexibility index (Phi) is 3.31. The molecule has 2 aliphatic heterocycles. The van der Waals surface area contributed by atoms with Gasteiger partial charge < -0.3 is 11.1 Å². The van der Waals surface area contributed by atoms with Crippen LogP contribution in [0.3, 0.4) is 0 Å². The Morgan fingerprint density at radius 2 is 2.25 bits per heavy atom. The Hall–Kier alpha value is -2.47. The van der Waals surface area contributed by atoms with E-state index in [1.54, 1.807) is 0 Å². The second-order valence-corrected chi connectivity index (χ2v) is 6.91. The number of aliphatic imine (C=N–C) groups is 1. The normalized spacial score (nSPS) is 23.6. The summed E-state index contributed by atoms with van der Waals surface area (Å²) in [5.74, 6) is 0. The van der Waals surface area contributed by atoms with Crippen molar-refractivity contribution in [2.45, 2.75) is 20.3 Å². The Bertz CT molecular complexity index is 900. The lowest BCUT2D eigenvalue weighted by atomic mass is 9.78. The number of aryl methyl sites for hydroxylation is 1. The molecule has 1 fully saturated rings. The molecule has 24 heavy (non-hydrogen) atoms. The molecule has 0 bridgehead atoms. The van der Waals surface area contributed by atoms with Crippen LogP contribution in [0.1, 0.15) is 24.6 Å². The Morgan fingerprint density at radius 3 is 2.96 bits per heavy atom. The number of carbonyl (C=O) groups excluding carboxylic acids is 1. The zero-order chi connectivity index (χ0) is 16.9. The van der Waals surface area contributed by atoms with E-state index in [2.05, 4.69) is 23.4 Å². The Labute approximate surface area is 140 Å². The van der Waals surface area contributed by atoms with E-state index in [0.717, 1.165) is 47.4 Å². The lowest BCUT2D eigenvalue weighted by molar-refractivity contribution is 0.248. The van der Waals surface area contributed by atoms with Crippen molar-refractivity contribution in [1.29, 1.82) is 0 Å². The molecule has 2 aromatic rings. The summed E-state index contributed by atoms with van der Waals surface area (Å²) in [6, 6.07) is 5.39. The van der Waals surface area contributed by atoms with Gasteiger partial charge in [0, 0.05) is 17.3 Å². The quantitative estimate of drug-likeness (QED) is 0.886. The van der Waals surface area contributed by atoms with Crippen molar-refractivity contribution < 1.29 is 4.79 Å². The highest BCUT2D eigenvalue weighted by Crippen LogP contribution is 2.38. The first kappa shape index (κ1) is 15.1. The molecule has 1 amide bonds. The third-order valence-corrected chi connectivity index (χ3v) is 5.09. The number of aromatic nitrogens is 2. The number of nitrogens with zero attached hydrogens (tertiary/aromatic N) is 3. The lowest BCUT2D eigenvalue weighted by Gasteiger charge is -2.25. The van der Waals surface area contributed by atoms with Gasteiger partial charge in [0.25, 0.3) is 0 Å². The number of nitrogens with two attached hydrogens (primary N) is 1. The standard InChI is InChI=1S/C18H21N5O/c1-11-3-4-12-14(9-11)23(17(19)24)22-15(12)16-13(5-7-21-16)18(2)6-8-20-10-18/h3-5,9,20H,6-8,10H2,1-2H3,(H2,19,24). The predicted octanol–water partition coefficient (Wildman–Crippen LogP) is 2.00. The van der Waals surface area contributed by atoms with Gasteiger partial charge in [-0.2, -0.15) is 9.78 Å². The highest BCUT2D eigenvalue weighted by atomic mass is 16.2. The van der Waals surface area contributed by atoms with Crippen LogP contribution in [-0.2, 0) is 0 Å². The van der Waals surface area contributed by atoms with Crippen molar-refractivity contribution >= 4 is 22.6 Å². The summed E-state index contributed by atoms with van der Waals surface area (Å²) in [7, 11) is 0. The van der Waals surface area contributed by atoms with Gasteiger partial charge in [0.2, 0.25) is 0 Å². The highest BCUT2D eigenvalue weighted by molar-refractivity contribution is 6.20. The van der Waals surface area contributed by atoms with Crippen LogP contribution < -0.4 is 11.1 Å². The predicted molar refractivity (Wildman–Crippen MR) is 94.5 cm³/mol. The topological polar surface area (TPSA) is 85.3 Å². The van der Waals surface area contributed by atoms with E-state index in [-0.39, 0.29) is 5.41 Å². The van der Waals surface area contributed by atoms with E-state index >= 15 is 0 Å². The monoisotopic (exact) mass is 323 g/mol. The first-order valence-electron chi connectivity index (χ1n) is 8.25. The first-order chi connectivity index (χ1) is 11.5. The third-order valence-electron chi connectivity index (χ3n) is 5.09. The molecule has 4 rings (SSSR count). The molecule has 124 valence electrons. The smallest absolute Gasteiger partial charge is 0.340 e. The molecule has 1 saturated heterocycles. The van der Waals surface area contributed by atoms with Crippen LogP contribution in [0.5, 0.6) is 0 Å². The van der Waals surface area contributed by atoms with Crippen LogP contribution in [0.25, 0.3) is 10.9 Å². The zero-order valence-corrected chi connectivity index (χ0v) is 14.0. The molecule has 1 aromatic heterocycles.